The van der Waals surface area contributed by atoms with E-state index in [1.807, 2.05) is 11.8 Å². The fraction of sp³-hybridized carbons (Fsp3) is 0.889. The molecule has 1 heterocycles. The highest BCUT2D eigenvalue weighted by Gasteiger charge is 2.51. The smallest absolute Gasteiger partial charge is 0.149 e. The summed E-state index contributed by atoms with van der Waals surface area (Å²) in [5.74, 6) is 4.06. The average Bonchev–Trinajstić information content (AvgIpc) is 2.39. The Balaban J connectivity index is 2.02. The molecule has 0 aromatic rings. The van der Waals surface area contributed by atoms with Crippen LogP contribution in [-0.2, 0) is 4.79 Å². The summed E-state index contributed by atoms with van der Waals surface area (Å²) in [6, 6.07) is 0. The lowest BCUT2D eigenvalue weighted by atomic mass is 9.65. The normalized spacial score (nSPS) is 53.6. The van der Waals surface area contributed by atoms with E-state index < -0.39 is 0 Å². The molecule has 4 unspecified atom stereocenters. The lowest BCUT2D eigenvalue weighted by Crippen LogP contribution is -2.43. The Morgan fingerprint density at radius 1 is 1.36 bits per heavy atom. The fourth-order valence-electron chi connectivity index (χ4n) is 3.01. The predicted octanol–water partition coefficient (Wildman–Crippen LogP) is 1.72. The standard InChI is InChI=1S/C9H12OS/c10-8-5-1-2-7-6(3-5)4-11-9(7)8/h5-7,9H,1-4H2. The maximum atomic E-state index is 11.6. The minimum atomic E-state index is 0.438. The molecular weight excluding hydrogens is 156 g/mol. The zero-order valence-corrected chi connectivity index (χ0v) is 7.27. The number of carbonyl (C=O) groups excluding carboxylic acids is 1. The van der Waals surface area contributed by atoms with Crippen molar-refractivity contribution in [1.29, 1.82) is 0 Å². The van der Waals surface area contributed by atoms with Crippen LogP contribution in [0.2, 0.25) is 0 Å². The summed E-state index contributed by atoms with van der Waals surface area (Å²) < 4.78 is 0. The number of hydrogen-bond donors (Lipinski definition) is 0. The molecule has 0 radical (unpaired) electrons. The second-order valence-electron chi connectivity index (χ2n) is 4.09. The first-order chi connectivity index (χ1) is 5.36. The van der Waals surface area contributed by atoms with Gasteiger partial charge in [0.05, 0.1) is 5.25 Å². The van der Waals surface area contributed by atoms with Crippen molar-refractivity contribution in [2.45, 2.75) is 24.5 Å². The van der Waals surface area contributed by atoms with E-state index >= 15 is 0 Å². The van der Waals surface area contributed by atoms with E-state index in [1.54, 1.807) is 0 Å². The van der Waals surface area contributed by atoms with Gasteiger partial charge in [0.15, 0.2) is 0 Å². The van der Waals surface area contributed by atoms with Crippen LogP contribution < -0.4 is 0 Å². The third-order valence-electron chi connectivity index (χ3n) is 3.60. The van der Waals surface area contributed by atoms with E-state index in [2.05, 4.69) is 0 Å². The van der Waals surface area contributed by atoms with Crippen LogP contribution in [0.15, 0.2) is 0 Å². The highest BCUT2D eigenvalue weighted by molar-refractivity contribution is 8.00. The molecule has 3 aliphatic carbocycles. The average molecular weight is 168 g/mol. The lowest BCUT2D eigenvalue weighted by molar-refractivity contribution is -0.129. The molecule has 4 bridgehead atoms. The number of Topliss-reactive ketones (excluding diaryl/α,β-unsaturated/α-hetero) is 1. The molecule has 60 valence electrons. The van der Waals surface area contributed by atoms with Gasteiger partial charge in [-0.2, -0.15) is 11.8 Å². The largest absolute Gasteiger partial charge is 0.298 e. The van der Waals surface area contributed by atoms with Gasteiger partial charge in [-0.25, -0.2) is 0 Å². The Hall–Kier alpha value is 0.0200. The molecule has 0 aromatic heterocycles. The first kappa shape index (κ1) is 6.53. The topological polar surface area (TPSA) is 17.1 Å². The minimum Gasteiger partial charge on any atom is -0.298 e. The molecule has 1 aliphatic heterocycles. The van der Waals surface area contributed by atoms with Gasteiger partial charge in [0.2, 0.25) is 0 Å². The van der Waals surface area contributed by atoms with Gasteiger partial charge < -0.3 is 0 Å². The molecule has 0 N–H and O–H groups in total. The molecule has 0 aromatic carbocycles. The number of hydrogen-bond acceptors (Lipinski definition) is 2. The van der Waals surface area contributed by atoms with Gasteiger partial charge in [0.25, 0.3) is 0 Å². The fourth-order valence-corrected chi connectivity index (χ4v) is 4.81. The van der Waals surface area contributed by atoms with Crippen LogP contribution in [0, 0.1) is 17.8 Å². The van der Waals surface area contributed by atoms with Crippen molar-refractivity contribution in [2.75, 3.05) is 5.75 Å². The van der Waals surface area contributed by atoms with Gasteiger partial charge >= 0.3 is 0 Å². The first-order valence-corrected chi connectivity index (χ1v) is 5.56. The van der Waals surface area contributed by atoms with Gasteiger partial charge in [0.1, 0.15) is 5.78 Å². The molecule has 4 atom stereocenters. The monoisotopic (exact) mass is 168 g/mol. The van der Waals surface area contributed by atoms with E-state index in [9.17, 15) is 4.79 Å². The molecule has 1 nitrogen and oxygen atoms in total. The van der Waals surface area contributed by atoms with Crippen molar-refractivity contribution in [3.05, 3.63) is 0 Å². The predicted molar refractivity (Wildman–Crippen MR) is 45.6 cm³/mol. The van der Waals surface area contributed by atoms with Gasteiger partial charge in [0, 0.05) is 5.92 Å². The number of ketones is 1. The van der Waals surface area contributed by atoms with Crippen molar-refractivity contribution >= 4 is 17.5 Å². The highest BCUT2D eigenvalue weighted by Crippen LogP contribution is 2.53. The van der Waals surface area contributed by atoms with E-state index in [0.29, 0.717) is 17.0 Å². The summed E-state index contributed by atoms with van der Waals surface area (Å²) >= 11 is 1.93. The van der Waals surface area contributed by atoms with Gasteiger partial charge in [-0.15, -0.1) is 0 Å². The van der Waals surface area contributed by atoms with Crippen LogP contribution in [0.3, 0.4) is 0 Å². The molecule has 11 heavy (non-hydrogen) atoms. The number of thioether (sulfide) groups is 1. The van der Waals surface area contributed by atoms with Crippen molar-refractivity contribution in [3.8, 4) is 0 Å². The number of fused-ring (bicyclic) bond motifs is 1. The third-order valence-corrected chi connectivity index (χ3v) is 5.16. The zero-order chi connectivity index (χ0) is 7.42. The van der Waals surface area contributed by atoms with Crippen LogP contribution in [0.5, 0.6) is 0 Å². The molecule has 2 heteroatoms. The van der Waals surface area contributed by atoms with Crippen LogP contribution in [-0.4, -0.2) is 16.8 Å². The Labute approximate surface area is 70.9 Å². The highest BCUT2D eigenvalue weighted by atomic mass is 32.2. The molecule has 1 saturated heterocycles. The SMILES string of the molecule is O=C1C2CCC3C(CSC13)C2. The molecule has 4 rings (SSSR count). The summed E-state index contributed by atoms with van der Waals surface area (Å²) in [5.41, 5.74) is 0. The summed E-state index contributed by atoms with van der Waals surface area (Å²) in [5, 5.41) is 0.438. The van der Waals surface area contributed by atoms with Gasteiger partial charge in [-0.3, -0.25) is 4.79 Å². The second kappa shape index (κ2) is 2.03. The van der Waals surface area contributed by atoms with Crippen LogP contribution in [0.1, 0.15) is 19.3 Å². The van der Waals surface area contributed by atoms with Gasteiger partial charge in [-0.1, -0.05) is 0 Å². The van der Waals surface area contributed by atoms with Gasteiger partial charge in [-0.05, 0) is 36.9 Å². The van der Waals surface area contributed by atoms with Crippen molar-refractivity contribution in [1.82, 2.24) is 0 Å². The first-order valence-electron chi connectivity index (χ1n) is 4.51. The van der Waals surface area contributed by atoms with Crippen molar-refractivity contribution in [3.63, 3.8) is 0 Å². The Morgan fingerprint density at radius 2 is 2.27 bits per heavy atom. The number of rotatable bonds is 0. The molecule has 0 spiro atoms. The Bertz CT molecular complexity index is 214. The Morgan fingerprint density at radius 3 is 3.09 bits per heavy atom. The molecule has 4 fully saturated rings. The summed E-state index contributed by atoms with van der Waals surface area (Å²) in [7, 11) is 0. The second-order valence-corrected chi connectivity index (χ2v) is 5.26. The van der Waals surface area contributed by atoms with Crippen molar-refractivity contribution < 1.29 is 4.79 Å². The van der Waals surface area contributed by atoms with Crippen LogP contribution in [0.4, 0.5) is 0 Å². The van der Waals surface area contributed by atoms with E-state index in [4.69, 9.17) is 0 Å². The zero-order valence-electron chi connectivity index (χ0n) is 6.45. The van der Waals surface area contributed by atoms with Crippen molar-refractivity contribution in [2.24, 2.45) is 17.8 Å². The minimum absolute atomic E-state index is 0.438. The van der Waals surface area contributed by atoms with E-state index in [-0.39, 0.29) is 0 Å². The van der Waals surface area contributed by atoms with Crippen LogP contribution >= 0.6 is 11.8 Å². The van der Waals surface area contributed by atoms with E-state index in [1.165, 1.54) is 25.0 Å². The summed E-state index contributed by atoms with van der Waals surface area (Å²) in [4.78, 5) is 11.6. The summed E-state index contributed by atoms with van der Waals surface area (Å²) in [6.45, 7) is 0. The number of carbonyl (C=O) groups is 1. The molecule has 0 amide bonds. The molecular formula is C9H12OS. The quantitative estimate of drug-likeness (QED) is 0.548. The molecule has 3 saturated carbocycles. The maximum absolute atomic E-state index is 11.6. The molecule has 4 aliphatic rings. The van der Waals surface area contributed by atoms with E-state index in [0.717, 1.165) is 11.8 Å². The summed E-state index contributed by atoms with van der Waals surface area (Å²) in [6.07, 6.45) is 3.78. The Kier molecular flexibility index (Phi) is 1.21. The third kappa shape index (κ3) is 0.715. The lowest BCUT2D eigenvalue weighted by Gasteiger charge is -2.39. The maximum Gasteiger partial charge on any atom is 0.149 e. The van der Waals surface area contributed by atoms with Crippen LogP contribution in [0.25, 0.3) is 0 Å².